The van der Waals surface area contributed by atoms with E-state index in [0.717, 1.165) is 10.4 Å². The van der Waals surface area contributed by atoms with Gasteiger partial charge in [-0.1, -0.05) is 30.3 Å². The summed E-state index contributed by atoms with van der Waals surface area (Å²) in [4.78, 5) is 27.0. The smallest absolute Gasteiger partial charge is 0.308 e. The number of thiophene rings is 1. The zero-order chi connectivity index (χ0) is 17.1. The zero-order valence-electron chi connectivity index (χ0n) is 13.4. The Balaban J connectivity index is 1.88. The Morgan fingerprint density at radius 1 is 1.33 bits per heavy atom. The van der Waals surface area contributed by atoms with Crippen LogP contribution < -0.4 is 4.74 Å². The maximum Gasteiger partial charge on any atom is 0.308 e. The molecule has 0 spiro atoms. The van der Waals surface area contributed by atoms with Crippen molar-refractivity contribution in [3.8, 4) is 16.2 Å². The van der Waals surface area contributed by atoms with Crippen molar-refractivity contribution in [1.82, 2.24) is 4.90 Å². The molecular weight excluding hydrogens is 326 g/mol. The number of ether oxygens (including phenoxy) is 1. The molecule has 1 aromatic heterocycles. The molecule has 5 nitrogen and oxygen atoms in total. The number of aliphatic carboxylic acids is 1. The van der Waals surface area contributed by atoms with Gasteiger partial charge in [-0.25, -0.2) is 0 Å². The molecule has 1 fully saturated rings. The second-order valence-corrected chi connectivity index (χ2v) is 6.73. The van der Waals surface area contributed by atoms with Crippen molar-refractivity contribution in [3.05, 3.63) is 41.3 Å². The predicted molar refractivity (Wildman–Crippen MR) is 92.6 cm³/mol. The number of hydrogen-bond acceptors (Lipinski definition) is 4. The van der Waals surface area contributed by atoms with Crippen molar-refractivity contribution in [2.24, 2.45) is 5.92 Å². The highest BCUT2D eigenvalue weighted by molar-refractivity contribution is 7.17. The molecule has 1 amide bonds. The molecule has 1 unspecified atom stereocenters. The third-order valence-corrected chi connectivity index (χ3v) is 5.23. The number of likely N-dealkylation sites (tertiary alicyclic amines) is 1. The monoisotopic (exact) mass is 345 g/mol. The summed E-state index contributed by atoms with van der Waals surface area (Å²) in [5, 5.41) is 9.11. The molecule has 1 N–H and O–H groups in total. The van der Waals surface area contributed by atoms with Crippen LogP contribution in [0.5, 0.6) is 5.75 Å². The highest BCUT2D eigenvalue weighted by Crippen LogP contribution is 2.37. The average molecular weight is 345 g/mol. The van der Waals surface area contributed by atoms with E-state index in [0.29, 0.717) is 30.2 Å². The Morgan fingerprint density at radius 3 is 2.71 bits per heavy atom. The molecule has 1 aliphatic heterocycles. The van der Waals surface area contributed by atoms with Gasteiger partial charge in [-0.05, 0) is 25.0 Å². The van der Waals surface area contributed by atoms with Gasteiger partial charge in [0.05, 0.1) is 12.5 Å². The number of carboxylic acids is 1. The van der Waals surface area contributed by atoms with Gasteiger partial charge in [0.15, 0.2) is 0 Å². The van der Waals surface area contributed by atoms with Gasteiger partial charge in [0.25, 0.3) is 5.91 Å². The Bertz CT molecular complexity index is 741. The van der Waals surface area contributed by atoms with Gasteiger partial charge in [-0.3, -0.25) is 9.59 Å². The van der Waals surface area contributed by atoms with Crippen LogP contribution in [0.3, 0.4) is 0 Å². The number of benzene rings is 1. The summed E-state index contributed by atoms with van der Waals surface area (Å²) >= 11 is 1.39. The third kappa shape index (κ3) is 3.28. The van der Waals surface area contributed by atoms with E-state index in [-0.39, 0.29) is 12.5 Å². The fourth-order valence-corrected chi connectivity index (χ4v) is 3.90. The van der Waals surface area contributed by atoms with Crippen molar-refractivity contribution in [2.45, 2.75) is 13.3 Å². The molecule has 1 aromatic carbocycles. The summed E-state index contributed by atoms with van der Waals surface area (Å²) in [5.74, 6) is -0.885. The molecule has 1 aliphatic rings. The van der Waals surface area contributed by atoms with Crippen LogP contribution in [0.25, 0.3) is 10.4 Å². The molecule has 126 valence electrons. The van der Waals surface area contributed by atoms with Crippen molar-refractivity contribution in [2.75, 3.05) is 19.7 Å². The van der Waals surface area contributed by atoms with E-state index in [4.69, 9.17) is 9.84 Å². The van der Waals surface area contributed by atoms with Crippen LogP contribution >= 0.6 is 11.3 Å². The normalized spacial score (nSPS) is 17.0. The van der Waals surface area contributed by atoms with Crippen LogP contribution in [0.1, 0.15) is 23.0 Å². The summed E-state index contributed by atoms with van der Waals surface area (Å²) in [6.45, 7) is 3.09. The molecule has 0 aliphatic carbocycles. The van der Waals surface area contributed by atoms with E-state index >= 15 is 0 Å². The lowest BCUT2D eigenvalue weighted by atomic mass is 10.1. The summed E-state index contributed by atoms with van der Waals surface area (Å²) < 4.78 is 5.64. The van der Waals surface area contributed by atoms with Crippen LogP contribution in [0.4, 0.5) is 0 Å². The lowest BCUT2D eigenvalue weighted by molar-refractivity contribution is -0.141. The molecular formula is C18H19NO4S. The van der Waals surface area contributed by atoms with Crippen LogP contribution in [-0.2, 0) is 4.79 Å². The maximum atomic E-state index is 12.8. The zero-order valence-corrected chi connectivity index (χ0v) is 14.2. The second-order valence-electron chi connectivity index (χ2n) is 5.68. The van der Waals surface area contributed by atoms with E-state index in [1.165, 1.54) is 11.3 Å². The SMILES string of the molecule is CCOc1cc(-c2ccccc2)sc1C(=O)N1CCC(C(=O)O)C1. The largest absolute Gasteiger partial charge is 0.492 e. The summed E-state index contributed by atoms with van der Waals surface area (Å²) in [7, 11) is 0. The standard InChI is InChI=1S/C18H19NO4S/c1-2-23-14-10-15(12-6-4-3-5-7-12)24-16(14)17(20)19-9-8-13(11-19)18(21)22/h3-7,10,13H,2,8-9,11H2,1H3,(H,21,22). The molecule has 1 atom stereocenters. The van der Waals surface area contributed by atoms with E-state index in [1.807, 2.05) is 43.3 Å². The minimum absolute atomic E-state index is 0.144. The van der Waals surface area contributed by atoms with Crippen LogP contribution in [0.2, 0.25) is 0 Å². The number of hydrogen-bond donors (Lipinski definition) is 1. The van der Waals surface area contributed by atoms with Gasteiger partial charge in [-0.2, -0.15) is 0 Å². The first kappa shape index (κ1) is 16.5. The Morgan fingerprint density at radius 2 is 2.08 bits per heavy atom. The molecule has 0 saturated carbocycles. The second kappa shape index (κ2) is 7.05. The molecule has 2 aromatic rings. The number of nitrogens with zero attached hydrogens (tertiary/aromatic N) is 1. The van der Waals surface area contributed by atoms with Gasteiger partial charge < -0.3 is 14.7 Å². The highest BCUT2D eigenvalue weighted by Gasteiger charge is 2.33. The van der Waals surface area contributed by atoms with Gasteiger partial charge in [0.2, 0.25) is 0 Å². The predicted octanol–water partition coefficient (Wildman–Crippen LogP) is 3.36. The lowest BCUT2D eigenvalue weighted by Gasteiger charge is -2.15. The number of carbonyl (C=O) groups is 2. The molecule has 0 radical (unpaired) electrons. The summed E-state index contributed by atoms with van der Waals surface area (Å²) in [6, 6.07) is 11.7. The fraction of sp³-hybridized carbons (Fsp3) is 0.333. The first-order valence-electron chi connectivity index (χ1n) is 7.94. The first-order valence-corrected chi connectivity index (χ1v) is 8.76. The number of carbonyl (C=O) groups excluding carboxylic acids is 1. The molecule has 24 heavy (non-hydrogen) atoms. The van der Waals surface area contributed by atoms with Crippen molar-refractivity contribution in [1.29, 1.82) is 0 Å². The van der Waals surface area contributed by atoms with Crippen molar-refractivity contribution < 1.29 is 19.4 Å². The van der Waals surface area contributed by atoms with E-state index in [9.17, 15) is 9.59 Å². The average Bonchev–Trinajstić information content (AvgIpc) is 3.23. The van der Waals surface area contributed by atoms with Crippen LogP contribution in [-0.4, -0.2) is 41.6 Å². The van der Waals surface area contributed by atoms with Gasteiger partial charge in [-0.15, -0.1) is 11.3 Å². The molecule has 3 rings (SSSR count). The Kier molecular flexibility index (Phi) is 4.85. The minimum Gasteiger partial charge on any atom is -0.492 e. The summed E-state index contributed by atoms with van der Waals surface area (Å²) in [6.07, 6.45) is 0.502. The molecule has 2 heterocycles. The molecule has 6 heteroatoms. The van der Waals surface area contributed by atoms with E-state index in [1.54, 1.807) is 4.90 Å². The third-order valence-electron chi connectivity index (χ3n) is 4.08. The lowest BCUT2D eigenvalue weighted by Crippen LogP contribution is -2.29. The van der Waals surface area contributed by atoms with Crippen molar-refractivity contribution >= 4 is 23.2 Å². The van der Waals surface area contributed by atoms with E-state index in [2.05, 4.69) is 0 Å². The fourth-order valence-electron chi connectivity index (χ4n) is 2.82. The maximum absolute atomic E-state index is 12.8. The highest BCUT2D eigenvalue weighted by atomic mass is 32.1. The Hall–Kier alpha value is -2.34. The topological polar surface area (TPSA) is 66.8 Å². The molecule has 0 bridgehead atoms. The van der Waals surface area contributed by atoms with Crippen LogP contribution in [0.15, 0.2) is 36.4 Å². The van der Waals surface area contributed by atoms with E-state index < -0.39 is 11.9 Å². The first-order chi connectivity index (χ1) is 11.6. The Labute approximate surface area is 144 Å². The summed E-state index contributed by atoms with van der Waals surface area (Å²) in [5.41, 5.74) is 1.03. The van der Waals surface area contributed by atoms with Gasteiger partial charge in [0.1, 0.15) is 10.6 Å². The number of rotatable bonds is 5. The minimum atomic E-state index is -0.841. The molecule has 1 saturated heterocycles. The van der Waals surface area contributed by atoms with Gasteiger partial charge in [0, 0.05) is 18.0 Å². The quantitative estimate of drug-likeness (QED) is 0.902. The van der Waals surface area contributed by atoms with Crippen LogP contribution in [0, 0.1) is 5.92 Å². The number of amides is 1. The van der Waals surface area contributed by atoms with Crippen molar-refractivity contribution in [3.63, 3.8) is 0 Å². The number of carboxylic acid groups (broad SMARTS) is 1. The van der Waals surface area contributed by atoms with Gasteiger partial charge >= 0.3 is 5.97 Å².